The fraction of sp³-hybridized carbons (Fsp3) is 0.111. The predicted molar refractivity (Wildman–Crippen MR) is 43.7 cm³/mol. The molecule has 1 N–H and O–H groups in total. The number of methoxy groups -OCH3 is 1. The van der Waals surface area contributed by atoms with E-state index in [4.69, 9.17) is 4.74 Å². The minimum absolute atomic E-state index is 0.872. The largest absolute Gasteiger partial charge is 0.495 e. The van der Waals surface area contributed by atoms with Gasteiger partial charge in [-0.2, -0.15) is 0 Å². The molecule has 11 heavy (non-hydrogen) atoms. The van der Waals surface area contributed by atoms with Gasteiger partial charge in [0.2, 0.25) is 0 Å². The summed E-state index contributed by atoms with van der Waals surface area (Å²) in [6.07, 6.45) is 1.85. The van der Waals surface area contributed by atoms with Crippen LogP contribution < -0.4 is 4.74 Å². The molecule has 0 amide bonds. The highest BCUT2D eigenvalue weighted by molar-refractivity contribution is 5.85. The second-order valence-electron chi connectivity index (χ2n) is 2.33. The van der Waals surface area contributed by atoms with Gasteiger partial charge in [-0.15, -0.1) is 0 Å². The van der Waals surface area contributed by atoms with E-state index in [2.05, 4.69) is 11.1 Å². The van der Waals surface area contributed by atoms with Gasteiger partial charge in [0.1, 0.15) is 5.75 Å². The van der Waals surface area contributed by atoms with Crippen molar-refractivity contribution < 1.29 is 4.74 Å². The van der Waals surface area contributed by atoms with Gasteiger partial charge in [-0.3, -0.25) is 0 Å². The van der Waals surface area contributed by atoms with Gasteiger partial charge in [0.25, 0.3) is 0 Å². The van der Waals surface area contributed by atoms with E-state index in [-0.39, 0.29) is 0 Å². The molecule has 1 aromatic carbocycles. The summed E-state index contributed by atoms with van der Waals surface area (Å²) < 4.78 is 5.12. The summed E-state index contributed by atoms with van der Waals surface area (Å²) in [7, 11) is 1.66. The van der Waals surface area contributed by atoms with Crippen LogP contribution in [0.5, 0.6) is 5.75 Å². The molecule has 1 heterocycles. The quantitative estimate of drug-likeness (QED) is 0.653. The Labute approximate surface area is 64.8 Å². The Kier molecular flexibility index (Phi) is 1.32. The van der Waals surface area contributed by atoms with E-state index in [1.807, 2.05) is 24.4 Å². The molecule has 0 spiro atoms. The third-order valence-electron chi connectivity index (χ3n) is 1.71. The summed E-state index contributed by atoms with van der Waals surface area (Å²) in [5, 5.41) is 1.08. The van der Waals surface area contributed by atoms with Gasteiger partial charge >= 0.3 is 0 Å². The molecule has 55 valence electrons. The van der Waals surface area contributed by atoms with E-state index in [1.165, 1.54) is 0 Å². The molecule has 1 aromatic heterocycles. The number of ether oxygens (including phenoxy) is 1. The molecule has 0 fully saturated rings. The standard InChI is InChI=1S/C9H8NO/c1-11-9-6-10-8-5-3-2-4-7(8)9/h3-6,10H,1H3. The zero-order valence-electron chi connectivity index (χ0n) is 6.22. The topological polar surface area (TPSA) is 25.0 Å². The van der Waals surface area contributed by atoms with Crippen LogP contribution in [0.3, 0.4) is 0 Å². The Balaban J connectivity index is 2.76. The second kappa shape index (κ2) is 2.31. The van der Waals surface area contributed by atoms with Crippen LogP contribution in [0, 0.1) is 6.07 Å². The number of benzene rings is 1. The highest BCUT2D eigenvalue weighted by Gasteiger charge is 1.99. The van der Waals surface area contributed by atoms with Gasteiger partial charge in [0.15, 0.2) is 0 Å². The summed E-state index contributed by atoms with van der Waals surface area (Å²) in [5.74, 6) is 0.872. The molecule has 0 aliphatic carbocycles. The van der Waals surface area contributed by atoms with E-state index in [0.717, 1.165) is 16.7 Å². The number of hydrogen-bond acceptors (Lipinski definition) is 1. The van der Waals surface area contributed by atoms with Crippen molar-refractivity contribution >= 4 is 10.9 Å². The van der Waals surface area contributed by atoms with Crippen molar-refractivity contribution in [1.29, 1.82) is 0 Å². The maximum absolute atomic E-state index is 5.12. The Hall–Kier alpha value is -1.44. The third-order valence-corrected chi connectivity index (χ3v) is 1.71. The molecular weight excluding hydrogens is 138 g/mol. The molecule has 0 bridgehead atoms. The first-order valence-electron chi connectivity index (χ1n) is 3.43. The first-order valence-corrected chi connectivity index (χ1v) is 3.43. The lowest BCUT2D eigenvalue weighted by Gasteiger charge is -1.93. The van der Waals surface area contributed by atoms with Gasteiger partial charge in [0.05, 0.1) is 7.11 Å². The summed E-state index contributed by atoms with van der Waals surface area (Å²) in [4.78, 5) is 3.09. The second-order valence-corrected chi connectivity index (χ2v) is 2.33. The number of fused-ring (bicyclic) bond motifs is 1. The maximum Gasteiger partial charge on any atom is 0.144 e. The lowest BCUT2D eigenvalue weighted by Crippen LogP contribution is -1.77. The smallest absolute Gasteiger partial charge is 0.144 e. The first kappa shape index (κ1) is 6.28. The Morgan fingerprint density at radius 3 is 3.27 bits per heavy atom. The molecule has 0 aliphatic rings. The van der Waals surface area contributed by atoms with Crippen LogP contribution in [0.25, 0.3) is 10.9 Å². The fourth-order valence-electron chi connectivity index (χ4n) is 1.15. The number of aromatic amines is 1. The fourth-order valence-corrected chi connectivity index (χ4v) is 1.15. The van der Waals surface area contributed by atoms with Crippen molar-refractivity contribution in [3.8, 4) is 5.75 Å². The molecule has 0 atom stereocenters. The highest BCUT2D eigenvalue weighted by atomic mass is 16.5. The SMILES string of the molecule is COc1c[nH]c2cc[c]cc12. The number of hydrogen-bond donors (Lipinski definition) is 1. The van der Waals surface area contributed by atoms with Gasteiger partial charge in [-0.05, 0) is 18.2 Å². The van der Waals surface area contributed by atoms with Crippen molar-refractivity contribution in [3.05, 3.63) is 30.5 Å². The van der Waals surface area contributed by atoms with Crippen LogP contribution in [-0.4, -0.2) is 12.1 Å². The summed E-state index contributed by atoms with van der Waals surface area (Å²) in [6, 6.07) is 8.75. The van der Waals surface area contributed by atoms with E-state index in [1.54, 1.807) is 7.11 Å². The van der Waals surface area contributed by atoms with Gasteiger partial charge in [-0.25, -0.2) is 0 Å². The van der Waals surface area contributed by atoms with Crippen molar-refractivity contribution in [3.63, 3.8) is 0 Å². The Bertz CT molecular complexity index is 364. The number of H-pyrrole nitrogens is 1. The highest BCUT2D eigenvalue weighted by Crippen LogP contribution is 2.23. The number of aromatic nitrogens is 1. The Morgan fingerprint density at radius 1 is 1.55 bits per heavy atom. The van der Waals surface area contributed by atoms with Crippen molar-refractivity contribution in [2.45, 2.75) is 0 Å². The van der Waals surface area contributed by atoms with Gasteiger partial charge in [-0.1, -0.05) is 6.07 Å². The molecule has 2 rings (SSSR count). The van der Waals surface area contributed by atoms with Crippen molar-refractivity contribution in [2.75, 3.05) is 7.11 Å². The third kappa shape index (κ3) is 0.871. The van der Waals surface area contributed by atoms with Crippen LogP contribution in [0.4, 0.5) is 0 Å². The summed E-state index contributed by atoms with van der Waals surface area (Å²) in [5.41, 5.74) is 1.08. The maximum atomic E-state index is 5.12. The number of rotatable bonds is 1. The molecule has 2 aromatic rings. The van der Waals surface area contributed by atoms with E-state index >= 15 is 0 Å². The zero-order chi connectivity index (χ0) is 7.68. The molecule has 2 nitrogen and oxygen atoms in total. The van der Waals surface area contributed by atoms with Crippen molar-refractivity contribution in [1.82, 2.24) is 4.98 Å². The minimum atomic E-state index is 0.872. The van der Waals surface area contributed by atoms with E-state index < -0.39 is 0 Å². The van der Waals surface area contributed by atoms with Crippen molar-refractivity contribution in [2.24, 2.45) is 0 Å². The molecule has 0 unspecified atom stereocenters. The normalized spacial score (nSPS) is 10.3. The van der Waals surface area contributed by atoms with Gasteiger partial charge < -0.3 is 9.72 Å². The van der Waals surface area contributed by atoms with Crippen LogP contribution >= 0.6 is 0 Å². The lowest BCUT2D eigenvalue weighted by molar-refractivity contribution is 0.419. The molecule has 2 heteroatoms. The number of nitrogens with one attached hydrogen (secondary N) is 1. The molecule has 0 saturated heterocycles. The zero-order valence-corrected chi connectivity index (χ0v) is 6.22. The average molecular weight is 146 g/mol. The van der Waals surface area contributed by atoms with Crippen LogP contribution in [-0.2, 0) is 0 Å². The summed E-state index contributed by atoms with van der Waals surface area (Å²) >= 11 is 0. The molecule has 0 saturated carbocycles. The molecular formula is C9H8NO. The first-order chi connectivity index (χ1) is 5.42. The van der Waals surface area contributed by atoms with E-state index in [0.29, 0.717) is 0 Å². The Morgan fingerprint density at radius 2 is 2.45 bits per heavy atom. The van der Waals surface area contributed by atoms with E-state index in [9.17, 15) is 0 Å². The summed E-state index contributed by atoms with van der Waals surface area (Å²) in [6.45, 7) is 0. The lowest BCUT2D eigenvalue weighted by atomic mass is 10.2. The average Bonchev–Trinajstić information content (AvgIpc) is 2.47. The molecule has 1 radical (unpaired) electrons. The van der Waals surface area contributed by atoms with Crippen LogP contribution in [0.2, 0.25) is 0 Å². The monoisotopic (exact) mass is 146 g/mol. The van der Waals surface area contributed by atoms with Crippen LogP contribution in [0.1, 0.15) is 0 Å². The minimum Gasteiger partial charge on any atom is -0.495 e. The van der Waals surface area contributed by atoms with Gasteiger partial charge in [0, 0.05) is 17.1 Å². The van der Waals surface area contributed by atoms with Crippen LogP contribution in [0.15, 0.2) is 24.4 Å². The molecule has 0 aliphatic heterocycles. The predicted octanol–water partition coefficient (Wildman–Crippen LogP) is 1.98.